The number of piperidine rings is 2. The van der Waals surface area contributed by atoms with Crippen molar-refractivity contribution in [3.8, 4) is 0 Å². The highest BCUT2D eigenvalue weighted by atomic mass is 16.2. The van der Waals surface area contributed by atoms with Gasteiger partial charge in [-0.3, -0.25) is 9.59 Å². The van der Waals surface area contributed by atoms with Crippen LogP contribution in [0.25, 0.3) is 0 Å². The third kappa shape index (κ3) is 4.97. The average molecular weight is 309 g/mol. The molecule has 2 saturated heterocycles. The van der Waals surface area contributed by atoms with Crippen molar-refractivity contribution in [3.63, 3.8) is 0 Å². The van der Waals surface area contributed by atoms with E-state index in [9.17, 15) is 9.59 Å². The van der Waals surface area contributed by atoms with Crippen LogP contribution in [-0.2, 0) is 9.59 Å². The molecule has 0 bridgehead atoms. The van der Waals surface area contributed by atoms with Crippen LogP contribution in [-0.4, -0.2) is 48.9 Å². The second kappa shape index (κ2) is 8.51. The number of likely N-dealkylation sites (tertiary alicyclic amines) is 1. The first-order valence-corrected chi connectivity index (χ1v) is 8.86. The minimum atomic E-state index is -0.288. The molecular formula is C17H31N3O2. The van der Waals surface area contributed by atoms with Crippen LogP contribution in [0.15, 0.2) is 0 Å². The highest BCUT2D eigenvalue weighted by Gasteiger charge is 2.32. The molecule has 0 radical (unpaired) electrons. The van der Waals surface area contributed by atoms with Gasteiger partial charge in [0.05, 0.1) is 0 Å². The molecule has 126 valence electrons. The summed E-state index contributed by atoms with van der Waals surface area (Å²) in [4.78, 5) is 26.6. The number of nitrogens with one attached hydrogen (secondary N) is 2. The van der Waals surface area contributed by atoms with Crippen LogP contribution in [0.3, 0.4) is 0 Å². The van der Waals surface area contributed by atoms with E-state index in [0.717, 1.165) is 45.4 Å². The van der Waals surface area contributed by atoms with E-state index in [2.05, 4.69) is 24.5 Å². The predicted molar refractivity (Wildman–Crippen MR) is 87.4 cm³/mol. The summed E-state index contributed by atoms with van der Waals surface area (Å²) in [6.45, 7) is 7.75. The topological polar surface area (TPSA) is 61.4 Å². The molecule has 2 N–H and O–H groups in total. The molecule has 0 aromatic rings. The van der Waals surface area contributed by atoms with E-state index in [1.807, 2.05) is 4.90 Å². The van der Waals surface area contributed by atoms with Gasteiger partial charge in [-0.2, -0.15) is 0 Å². The number of hydrogen-bond donors (Lipinski definition) is 2. The number of nitrogens with zero attached hydrogens (tertiary/aromatic N) is 1. The van der Waals surface area contributed by atoms with Crippen molar-refractivity contribution in [1.29, 1.82) is 0 Å². The van der Waals surface area contributed by atoms with E-state index in [1.54, 1.807) is 0 Å². The van der Waals surface area contributed by atoms with Gasteiger partial charge in [0, 0.05) is 19.5 Å². The van der Waals surface area contributed by atoms with Gasteiger partial charge in [-0.05, 0) is 57.0 Å². The monoisotopic (exact) mass is 309 g/mol. The van der Waals surface area contributed by atoms with Gasteiger partial charge in [-0.25, -0.2) is 0 Å². The molecular weight excluding hydrogens is 278 g/mol. The zero-order valence-electron chi connectivity index (χ0n) is 14.1. The van der Waals surface area contributed by atoms with Crippen LogP contribution in [0.2, 0.25) is 0 Å². The largest absolute Gasteiger partial charge is 0.354 e. The van der Waals surface area contributed by atoms with Crippen LogP contribution in [0.5, 0.6) is 0 Å². The third-order valence-corrected chi connectivity index (χ3v) is 4.70. The first kappa shape index (κ1) is 17.3. The number of hydrogen-bond acceptors (Lipinski definition) is 3. The molecule has 0 aliphatic carbocycles. The Morgan fingerprint density at radius 1 is 1.36 bits per heavy atom. The van der Waals surface area contributed by atoms with Crippen molar-refractivity contribution in [2.45, 2.75) is 58.4 Å². The van der Waals surface area contributed by atoms with E-state index < -0.39 is 0 Å². The number of carbonyl (C=O) groups is 2. The summed E-state index contributed by atoms with van der Waals surface area (Å²) in [5.74, 6) is 1.11. The smallest absolute Gasteiger partial charge is 0.242 e. The zero-order chi connectivity index (χ0) is 15.9. The van der Waals surface area contributed by atoms with Gasteiger partial charge < -0.3 is 15.5 Å². The molecule has 2 amide bonds. The minimum Gasteiger partial charge on any atom is -0.354 e. The lowest BCUT2D eigenvalue weighted by Crippen LogP contribution is -2.52. The first-order valence-electron chi connectivity index (χ1n) is 8.86. The maximum Gasteiger partial charge on any atom is 0.242 e. The Balaban J connectivity index is 1.91. The van der Waals surface area contributed by atoms with Gasteiger partial charge in [0.25, 0.3) is 0 Å². The fraction of sp³-hybridized carbons (Fsp3) is 0.882. The Bertz CT molecular complexity index is 378. The van der Waals surface area contributed by atoms with Crippen LogP contribution >= 0.6 is 0 Å². The van der Waals surface area contributed by atoms with Crippen LogP contribution in [0, 0.1) is 11.8 Å². The summed E-state index contributed by atoms with van der Waals surface area (Å²) in [5.41, 5.74) is 0. The number of carbonyl (C=O) groups excluding carboxylic acids is 2. The molecule has 0 aromatic carbocycles. The molecule has 2 aliphatic rings. The van der Waals surface area contributed by atoms with Gasteiger partial charge in [0.15, 0.2) is 0 Å². The highest BCUT2D eigenvalue weighted by Crippen LogP contribution is 2.19. The Labute approximate surface area is 134 Å². The van der Waals surface area contributed by atoms with Gasteiger partial charge in [-0.15, -0.1) is 0 Å². The lowest BCUT2D eigenvalue weighted by Gasteiger charge is -2.35. The fourth-order valence-electron chi connectivity index (χ4n) is 3.44. The molecule has 5 nitrogen and oxygen atoms in total. The minimum absolute atomic E-state index is 0.0366. The second-order valence-electron chi connectivity index (χ2n) is 7.15. The van der Waals surface area contributed by atoms with E-state index in [-0.39, 0.29) is 17.9 Å². The van der Waals surface area contributed by atoms with E-state index >= 15 is 0 Å². The van der Waals surface area contributed by atoms with Gasteiger partial charge in [0.1, 0.15) is 6.04 Å². The fourth-order valence-corrected chi connectivity index (χ4v) is 3.44. The molecule has 5 heteroatoms. The summed E-state index contributed by atoms with van der Waals surface area (Å²) in [5, 5.41) is 6.48. The highest BCUT2D eigenvalue weighted by molar-refractivity contribution is 5.88. The second-order valence-corrected chi connectivity index (χ2v) is 7.15. The first-order chi connectivity index (χ1) is 10.6. The molecule has 0 saturated carbocycles. The van der Waals surface area contributed by atoms with Crippen LogP contribution in [0.4, 0.5) is 0 Å². The van der Waals surface area contributed by atoms with Crippen molar-refractivity contribution in [2.75, 3.05) is 26.2 Å². The molecule has 2 fully saturated rings. The maximum absolute atomic E-state index is 12.6. The average Bonchev–Trinajstić information content (AvgIpc) is 2.52. The Kier molecular flexibility index (Phi) is 6.68. The van der Waals surface area contributed by atoms with Gasteiger partial charge >= 0.3 is 0 Å². The SMILES string of the molecule is CC(C)CC(C(=O)NCC1CCCNC1)N1CCCCC1=O. The van der Waals surface area contributed by atoms with E-state index in [0.29, 0.717) is 18.3 Å². The molecule has 22 heavy (non-hydrogen) atoms. The quantitative estimate of drug-likeness (QED) is 0.782. The standard InChI is InChI=1S/C17H31N3O2/c1-13(2)10-15(20-9-4-3-7-16(20)21)17(22)19-12-14-6-5-8-18-11-14/h13-15,18H,3-12H2,1-2H3,(H,19,22). The maximum atomic E-state index is 12.6. The summed E-state index contributed by atoms with van der Waals surface area (Å²) in [6.07, 6.45) is 5.67. The Morgan fingerprint density at radius 2 is 2.18 bits per heavy atom. The van der Waals surface area contributed by atoms with Crippen molar-refractivity contribution in [3.05, 3.63) is 0 Å². The van der Waals surface area contributed by atoms with Crippen LogP contribution < -0.4 is 10.6 Å². The van der Waals surface area contributed by atoms with E-state index in [4.69, 9.17) is 0 Å². The van der Waals surface area contributed by atoms with Crippen LogP contribution in [0.1, 0.15) is 52.4 Å². The molecule has 2 unspecified atom stereocenters. The molecule has 2 aliphatic heterocycles. The normalized spacial score (nSPS) is 24.4. The number of amides is 2. The molecule has 2 atom stereocenters. The van der Waals surface area contributed by atoms with Crippen molar-refractivity contribution in [1.82, 2.24) is 15.5 Å². The molecule has 2 heterocycles. The molecule has 0 aromatic heterocycles. The van der Waals surface area contributed by atoms with E-state index in [1.165, 1.54) is 12.8 Å². The zero-order valence-corrected chi connectivity index (χ0v) is 14.1. The van der Waals surface area contributed by atoms with Gasteiger partial charge in [-0.1, -0.05) is 13.8 Å². The lowest BCUT2D eigenvalue weighted by molar-refractivity contribution is -0.143. The summed E-state index contributed by atoms with van der Waals surface area (Å²) >= 11 is 0. The Hall–Kier alpha value is -1.10. The summed E-state index contributed by atoms with van der Waals surface area (Å²) in [7, 11) is 0. The summed E-state index contributed by atoms with van der Waals surface area (Å²) in [6, 6.07) is -0.288. The Morgan fingerprint density at radius 3 is 2.82 bits per heavy atom. The van der Waals surface area contributed by atoms with Gasteiger partial charge in [0.2, 0.25) is 11.8 Å². The van der Waals surface area contributed by atoms with Crippen molar-refractivity contribution < 1.29 is 9.59 Å². The molecule has 2 rings (SSSR count). The lowest BCUT2D eigenvalue weighted by atomic mass is 9.97. The summed E-state index contributed by atoms with van der Waals surface area (Å²) < 4.78 is 0. The third-order valence-electron chi connectivity index (χ3n) is 4.70. The molecule has 0 spiro atoms. The van der Waals surface area contributed by atoms with Crippen molar-refractivity contribution in [2.24, 2.45) is 11.8 Å². The predicted octanol–water partition coefficient (Wildman–Crippen LogP) is 1.53. The number of rotatable bonds is 6. The van der Waals surface area contributed by atoms with Crippen molar-refractivity contribution >= 4 is 11.8 Å².